The molecule has 1 heterocycles. The number of benzene rings is 5. The molecule has 0 saturated heterocycles. The van der Waals surface area contributed by atoms with Crippen LogP contribution >= 0.6 is 6.89 Å². The maximum Gasteiger partial charge on any atom is 0.135 e. The van der Waals surface area contributed by atoms with E-state index < -0.39 is 6.89 Å². The first kappa shape index (κ1) is 19.9. The maximum atomic E-state index is 6.41. The Morgan fingerprint density at radius 1 is 0.364 bits per heavy atom. The van der Waals surface area contributed by atoms with Crippen LogP contribution in [0.2, 0.25) is 0 Å². The molecular formula is C31H23OP. The highest BCUT2D eigenvalue weighted by Crippen LogP contribution is 2.51. The van der Waals surface area contributed by atoms with Crippen molar-refractivity contribution in [2.24, 2.45) is 0 Å². The average molecular weight is 442 g/mol. The highest BCUT2D eigenvalue weighted by atomic mass is 31.2. The van der Waals surface area contributed by atoms with Crippen molar-refractivity contribution in [1.29, 1.82) is 0 Å². The van der Waals surface area contributed by atoms with Crippen molar-refractivity contribution >= 4 is 44.7 Å². The van der Waals surface area contributed by atoms with Gasteiger partial charge in [-0.3, -0.25) is 0 Å². The largest absolute Gasteiger partial charge is 0.456 e. The molecule has 0 aliphatic heterocycles. The van der Waals surface area contributed by atoms with E-state index in [1.165, 1.54) is 31.6 Å². The fourth-order valence-electron chi connectivity index (χ4n) is 4.92. The van der Waals surface area contributed by atoms with Gasteiger partial charge in [0, 0.05) is 15.7 Å². The van der Waals surface area contributed by atoms with E-state index in [0.717, 1.165) is 11.2 Å². The van der Waals surface area contributed by atoms with Gasteiger partial charge >= 0.3 is 0 Å². The van der Waals surface area contributed by atoms with Crippen molar-refractivity contribution in [3.8, 4) is 0 Å². The summed E-state index contributed by atoms with van der Waals surface area (Å²) in [6.07, 6.45) is 0. The van der Waals surface area contributed by atoms with E-state index in [0.29, 0.717) is 0 Å². The summed E-state index contributed by atoms with van der Waals surface area (Å²) in [4.78, 5) is 1.35. The third-order valence-corrected chi connectivity index (χ3v) is 10.6. The fourth-order valence-corrected chi connectivity index (χ4v) is 9.54. The number of hydrogen-bond donors (Lipinski definition) is 0. The van der Waals surface area contributed by atoms with Crippen LogP contribution in [-0.4, -0.2) is 0 Å². The monoisotopic (exact) mass is 442 g/mol. The Morgan fingerprint density at radius 2 is 0.697 bits per heavy atom. The molecule has 5 aromatic carbocycles. The molecule has 0 spiro atoms. The molecule has 0 amide bonds. The van der Waals surface area contributed by atoms with Crippen LogP contribution in [0.3, 0.4) is 0 Å². The summed E-state index contributed by atoms with van der Waals surface area (Å²) in [6, 6.07) is 50.0. The van der Waals surface area contributed by atoms with Crippen LogP contribution in [0.25, 0.3) is 21.9 Å². The van der Waals surface area contributed by atoms with E-state index in [-0.39, 0.29) is 0 Å². The van der Waals surface area contributed by atoms with E-state index in [4.69, 9.17) is 4.42 Å². The normalized spacial score (nSPS) is 11.6. The Morgan fingerprint density at radius 3 is 1.09 bits per heavy atom. The minimum absolute atomic E-state index is 0.915. The predicted octanol–water partition coefficient (Wildman–Crippen LogP) is 7.11. The minimum atomic E-state index is -2.26. The van der Waals surface area contributed by atoms with E-state index in [9.17, 15) is 0 Å². The maximum absolute atomic E-state index is 6.41. The lowest BCUT2D eigenvalue weighted by Crippen LogP contribution is -2.26. The number of para-hydroxylation sites is 2. The van der Waals surface area contributed by atoms with Crippen LogP contribution in [0, 0.1) is 4.94 Å². The summed E-state index contributed by atoms with van der Waals surface area (Å²) in [5.74, 6) is 0. The summed E-state index contributed by atoms with van der Waals surface area (Å²) in [5.41, 5.74) is 1.83. The van der Waals surface area contributed by atoms with Gasteiger partial charge in [-0.2, -0.15) is 0 Å². The van der Waals surface area contributed by atoms with E-state index in [2.05, 4.69) is 140 Å². The van der Waals surface area contributed by atoms with Gasteiger partial charge in [-0.25, -0.2) is 0 Å². The van der Waals surface area contributed by atoms with Gasteiger partial charge in [0.1, 0.15) is 11.2 Å². The molecular weight excluding hydrogens is 419 g/mol. The standard InChI is InChI=1S/C31H23OP/c1-4-14-24(15-5-1)33(25-16-6-2-7-17-25,26-18-8-3-9-19-26)31-27-20-10-12-22-29(27)32-30-23-13-11-21-28(30)31/h1-23H. The molecule has 6 rings (SSSR count). The van der Waals surface area contributed by atoms with E-state index in [1.807, 2.05) is 0 Å². The zero-order valence-electron chi connectivity index (χ0n) is 18.1. The summed E-state index contributed by atoms with van der Waals surface area (Å²) in [6.45, 7) is -2.26. The molecule has 0 unspecified atom stereocenters. The molecule has 0 fully saturated rings. The molecule has 0 saturated carbocycles. The third-order valence-electron chi connectivity index (χ3n) is 6.27. The number of rotatable bonds is 3. The van der Waals surface area contributed by atoms with Crippen LogP contribution in [-0.2, 0) is 0 Å². The Balaban J connectivity index is 2.08. The number of hydrogen-bond acceptors (Lipinski definition) is 1. The lowest BCUT2D eigenvalue weighted by molar-refractivity contribution is 0.660. The van der Waals surface area contributed by atoms with Crippen LogP contribution in [0.4, 0.5) is 0 Å². The zero-order chi connectivity index (χ0) is 22.1. The first-order valence-electron chi connectivity index (χ1n) is 11.2. The average Bonchev–Trinajstić information content (AvgIpc) is 2.90. The fraction of sp³-hybridized carbons (Fsp3) is 0. The van der Waals surface area contributed by atoms with Gasteiger partial charge in [0.05, 0.1) is 0 Å². The lowest BCUT2D eigenvalue weighted by Gasteiger charge is -2.30. The summed E-state index contributed by atoms with van der Waals surface area (Å²) in [7, 11) is 0. The van der Waals surface area contributed by atoms with Crippen molar-refractivity contribution < 1.29 is 4.42 Å². The first-order valence-corrected chi connectivity index (χ1v) is 13.0. The van der Waals surface area contributed by atoms with Crippen LogP contribution < -0.4 is 15.9 Å². The lowest BCUT2D eigenvalue weighted by atomic mass is 10.1. The Bertz CT molecular complexity index is 1490. The minimum Gasteiger partial charge on any atom is -0.456 e. The van der Waals surface area contributed by atoms with Gasteiger partial charge in [-0.15, -0.1) is 0 Å². The molecule has 1 nitrogen and oxygen atoms in total. The molecule has 0 aliphatic carbocycles. The molecule has 6 aromatic rings. The molecule has 0 aliphatic rings. The molecule has 0 bridgehead atoms. The molecule has 158 valence electrons. The van der Waals surface area contributed by atoms with Gasteiger partial charge in [-0.05, 0) is 34.9 Å². The Kier molecular flexibility index (Phi) is 4.98. The third kappa shape index (κ3) is 3.17. The SMILES string of the molecule is c1ccc(P(c2ccccc2)(c2ccccc2)=c2c3ccccc3oc3ccccc23)cc1. The van der Waals surface area contributed by atoms with Gasteiger partial charge in [0.2, 0.25) is 0 Å². The Hall–Kier alpha value is -3.80. The second-order valence-corrected chi connectivity index (χ2v) is 11.5. The molecule has 33 heavy (non-hydrogen) atoms. The van der Waals surface area contributed by atoms with Crippen molar-refractivity contribution in [1.82, 2.24) is 0 Å². The highest BCUT2D eigenvalue weighted by Gasteiger charge is 2.28. The molecule has 0 atom stereocenters. The van der Waals surface area contributed by atoms with Crippen molar-refractivity contribution in [2.75, 3.05) is 0 Å². The molecule has 1 aromatic heterocycles. The first-order chi connectivity index (χ1) is 16.4. The smallest absolute Gasteiger partial charge is 0.135 e. The predicted molar refractivity (Wildman–Crippen MR) is 142 cm³/mol. The highest BCUT2D eigenvalue weighted by molar-refractivity contribution is 7.89. The summed E-state index contributed by atoms with van der Waals surface area (Å²) >= 11 is 0. The second kappa shape index (κ2) is 8.28. The van der Waals surface area contributed by atoms with Crippen LogP contribution in [0.15, 0.2) is 144 Å². The summed E-state index contributed by atoms with van der Waals surface area (Å²) in [5, 5.41) is 6.35. The topological polar surface area (TPSA) is 13.1 Å². The molecule has 0 radical (unpaired) electrons. The van der Waals surface area contributed by atoms with Crippen molar-refractivity contribution in [3.05, 3.63) is 144 Å². The number of fused-ring (bicyclic) bond motifs is 2. The van der Waals surface area contributed by atoms with Crippen LogP contribution in [0.5, 0.6) is 0 Å². The summed E-state index contributed by atoms with van der Waals surface area (Å²) < 4.78 is 6.41. The molecule has 2 heteroatoms. The quantitative estimate of drug-likeness (QED) is 0.210. The van der Waals surface area contributed by atoms with E-state index in [1.54, 1.807) is 0 Å². The van der Waals surface area contributed by atoms with E-state index >= 15 is 0 Å². The zero-order valence-corrected chi connectivity index (χ0v) is 19.0. The van der Waals surface area contributed by atoms with Gasteiger partial charge in [0.15, 0.2) is 0 Å². The molecule has 0 N–H and O–H groups in total. The Labute approximate surface area is 193 Å². The van der Waals surface area contributed by atoms with Gasteiger partial charge < -0.3 is 4.42 Å². The van der Waals surface area contributed by atoms with Gasteiger partial charge in [-0.1, -0.05) is 127 Å². The van der Waals surface area contributed by atoms with Crippen LogP contribution in [0.1, 0.15) is 0 Å². The van der Waals surface area contributed by atoms with Crippen molar-refractivity contribution in [2.45, 2.75) is 0 Å². The van der Waals surface area contributed by atoms with Crippen molar-refractivity contribution in [3.63, 3.8) is 0 Å². The second-order valence-electron chi connectivity index (χ2n) is 8.12. The van der Waals surface area contributed by atoms with Gasteiger partial charge in [0.25, 0.3) is 0 Å².